The highest BCUT2D eigenvalue weighted by Gasteiger charge is 2.30. The number of hydrogen-bond donors (Lipinski definition) is 0. The summed E-state index contributed by atoms with van der Waals surface area (Å²) in [6, 6.07) is 18.8. The second-order valence-electron chi connectivity index (χ2n) is 4.35. The van der Waals surface area contributed by atoms with Crippen LogP contribution in [0.1, 0.15) is 11.1 Å². The normalized spacial score (nSPS) is 14.4. The van der Waals surface area contributed by atoms with Crippen LogP contribution < -0.4 is 0 Å². The molecular formula is C16H15BrFN. The van der Waals surface area contributed by atoms with Crippen molar-refractivity contribution in [3.63, 3.8) is 0 Å². The Kier molecular flexibility index (Phi) is 4.86. The minimum absolute atomic E-state index is 0.108. The van der Waals surface area contributed by atoms with Crippen molar-refractivity contribution in [1.29, 1.82) is 0 Å². The molecule has 19 heavy (non-hydrogen) atoms. The summed E-state index contributed by atoms with van der Waals surface area (Å²) in [6.07, 6.45) is 1.71. The fourth-order valence-corrected chi connectivity index (χ4v) is 2.28. The predicted octanol–water partition coefficient (Wildman–Crippen LogP) is 4.37. The number of nitrogens with zero attached hydrogens (tertiary/aromatic N) is 1. The first-order valence-electron chi connectivity index (χ1n) is 6.10. The van der Waals surface area contributed by atoms with Gasteiger partial charge in [0.25, 0.3) is 0 Å². The summed E-state index contributed by atoms with van der Waals surface area (Å²) < 4.78 is 14.8. The Morgan fingerprint density at radius 2 is 1.58 bits per heavy atom. The second kappa shape index (κ2) is 6.62. The van der Waals surface area contributed by atoms with Gasteiger partial charge in [-0.1, -0.05) is 76.6 Å². The Morgan fingerprint density at radius 1 is 1.00 bits per heavy atom. The zero-order valence-electron chi connectivity index (χ0n) is 10.5. The van der Waals surface area contributed by atoms with Crippen molar-refractivity contribution in [2.75, 3.05) is 11.9 Å². The lowest BCUT2D eigenvalue weighted by molar-refractivity contribution is 0.213. The van der Waals surface area contributed by atoms with Gasteiger partial charge >= 0.3 is 0 Å². The smallest absolute Gasteiger partial charge is 0.164 e. The number of aliphatic imine (C=N–C) groups is 1. The van der Waals surface area contributed by atoms with Crippen molar-refractivity contribution >= 4 is 22.1 Å². The quantitative estimate of drug-likeness (QED) is 0.573. The minimum atomic E-state index is -1.47. The van der Waals surface area contributed by atoms with Gasteiger partial charge in [-0.25, -0.2) is 4.39 Å². The lowest BCUT2D eigenvalue weighted by Gasteiger charge is -2.21. The minimum Gasteiger partial charge on any atom is -0.289 e. The number of alkyl halides is 2. The van der Waals surface area contributed by atoms with E-state index in [9.17, 15) is 4.39 Å². The van der Waals surface area contributed by atoms with E-state index in [1.807, 2.05) is 48.5 Å². The molecule has 0 aliphatic rings. The lowest BCUT2D eigenvalue weighted by Crippen LogP contribution is -2.26. The van der Waals surface area contributed by atoms with Crippen molar-refractivity contribution in [2.24, 2.45) is 4.99 Å². The highest BCUT2D eigenvalue weighted by Crippen LogP contribution is 2.28. The fraction of sp³-hybridized carbons (Fsp3) is 0.188. The molecule has 2 rings (SSSR count). The second-order valence-corrected chi connectivity index (χ2v) is 4.91. The van der Waals surface area contributed by atoms with E-state index in [0.29, 0.717) is 5.56 Å². The monoisotopic (exact) mass is 319 g/mol. The van der Waals surface area contributed by atoms with Crippen molar-refractivity contribution in [2.45, 2.75) is 5.67 Å². The number of benzene rings is 2. The van der Waals surface area contributed by atoms with Crippen LogP contribution in [0.25, 0.3) is 0 Å². The average molecular weight is 320 g/mol. The summed E-state index contributed by atoms with van der Waals surface area (Å²) in [4.78, 5) is 4.23. The molecule has 0 aliphatic heterocycles. The van der Waals surface area contributed by atoms with Gasteiger partial charge in [0.2, 0.25) is 0 Å². The highest BCUT2D eigenvalue weighted by molar-refractivity contribution is 9.09. The summed E-state index contributed by atoms with van der Waals surface area (Å²) in [5.74, 6) is 0. The molecule has 0 heterocycles. The van der Waals surface area contributed by atoms with Gasteiger partial charge in [0.15, 0.2) is 5.67 Å². The van der Waals surface area contributed by atoms with E-state index < -0.39 is 5.67 Å². The summed E-state index contributed by atoms with van der Waals surface area (Å²) in [7, 11) is 0. The SMILES string of the molecule is FC(CBr)(CN=Cc1ccccc1)c1ccccc1. The van der Waals surface area contributed by atoms with E-state index in [-0.39, 0.29) is 11.9 Å². The predicted molar refractivity (Wildman–Crippen MR) is 81.9 cm³/mol. The van der Waals surface area contributed by atoms with Crippen LogP contribution in [0.2, 0.25) is 0 Å². The summed E-state index contributed by atoms with van der Waals surface area (Å²) in [5.41, 5.74) is 0.163. The maximum atomic E-state index is 14.8. The van der Waals surface area contributed by atoms with Crippen LogP contribution in [-0.4, -0.2) is 18.1 Å². The molecular weight excluding hydrogens is 305 g/mol. The van der Waals surface area contributed by atoms with E-state index in [2.05, 4.69) is 20.9 Å². The van der Waals surface area contributed by atoms with E-state index in [4.69, 9.17) is 0 Å². The summed E-state index contributed by atoms with van der Waals surface area (Å²) >= 11 is 3.25. The van der Waals surface area contributed by atoms with E-state index in [1.165, 1.54) is 0 Å². The summed E-state index contributed by atoms with van der Waals surface area (Å²) in [6.45, 7) is 0.108. The molecule has 0 fully saturated rings. The van der Waals surface area contributed by atoms with E-state index >= 15 is 0 Å². The number of rotatable bonds is 5. The standard InChI is InChI=1S/C16H15BrFN/c17-12-16(18,15-9-5-2-6-10-15)13-19-11-14-7-3-1-4-8-14/h1-11H,12-13H2. The molecule has 1 atom stereocenters. The van der Waals surface area contributed by atoms with Gasteiger partial charge in [0, 0.05) is 11.5 Å². The van der Waals surface area contributed by atoms with Gasteiger partial charge in [-0.3, -0.25) is 4.99 Å². The van der Waals surface area contributed by atoms with Crippen LogP contribution in [0.3, 0.4) is 0 Å². The molecule has 0 aliphatic carbocycles. The van der Waals surface area contributed by atoms with Gasteiger partial charge in [-0.05, 0) is 11.1 Å². The Morgan fingerprint density at radius 3 is 2.16 bits per heavy atom. The van der Waals surface area contributed by atoms with Gasteiger partial charge in [-0.15, -0.1) is 0 Å². The molecule has 1 unspecified atom stereocenters. The van der Waals surface area contributed by atoms with Crippen LogP contribution >= 0.6 is 15.9 Å². The maximum Gasteiger partial charge on any atom is 0.164 e. The van der Waals surface area contributed by atoms with E-state index in [1.54, 1.807) is 18.3 Å². The van der Waals surface area contributed by atoms with Crippen molar-refractivity contribution in [3.05, 3.63) is 71.8 Å². The van der Waals surface area contributed by atoms with Gasteiger partial charge < -0.3 is 0 Å². The van der Waals surface area contributed by atoms with Crippen LogP contribution in [0, 0.1) is 0 Å². The third-order valence-corrected chi connectivity index (χ3v) is 3.77. The first-order chi connectivity index (χ1) is 9.24. The van der Waals surface area contributed by atoms with Gasteiger partial charge in [-0.2, -0.15) is 0 Å². The third kappa shape index (κ3) is 3.74. The first-order valence-corrected chi connectivity index (χ1v) is 7.22. The fourth-order valence-electron chi connectivity index (χ4n) is 1.78. The van der Waals surface area contributed by atoms with Crippen molar-refractivity contribution in [3.8, 4) is 0 Å². The van der Waals surface area contributed by atoms with Crippen LogP contribution in [0.15, 0.2) is 65.7 Å². The molecule has 2 aromatic rings. The zero-order chi connectivity index (χ0) is 13.6. The van der Waals surface area contributed by atoms with E-state index in [0.717, 1.165) is 5.56 Å². The number of halogens is 2. The molecule has 0 N–H and O–H groups in total. The molecule has 0 saturated carbocycles. The Bertz CT molecular complexity index is 527. The lowest BCUT2D eigenvalue weighted by atomic mass is 9.98. The molecule has 1 nitrogen and oxygen atoms in total. The van der Waals surface area contributed by atoms with Crippen LogP contribution in [-0.2, 0) is 5.67 Å². The van der Waals surface area contributed by atoms with Crippen molar-refractivity contribution in [1.82, 2.24) is 0 Å². The Hall–Kier alpha value is -1.48. The zero-order valence-corrected chi connectivity index (χ0v) is 12.1. The van der Waals surface area contributed by atoms with Gasteiger partial charge in [0.1, 0.15) is 0 Å². The molecule has 3 heteroatoms. The number of hydrogen-bond acceptors (Lipinski definition) is 1. The average Bonchev–Trinajstić information content (AvgIpc) is 2.49. The molecule has 0 bridgehead atoms. The Balaban J connectivity index is 2.10. The van der Waals surface area contributed by atoms with Gasteiger partial charge in [0.05, 0.1) is 6.54 Å². The third-order valence-electron chi connectivity index (χ3n) is 2.88. The molecule has 0 radical (unpaired) electrons. The highest BCUT2D eigenvalue weighted by atomic mass is 79.9. The molecule has 0 saturated heterocycles. The topological polar surface area (TPSA) is 12.4 Å². The molecule has 0 spiro atoms. The largest absolute Gasteiger partial charge is 0.289 e. The Labute approximate surface area is 121 Å². The first kappa shape index (κ1) is 13.9. The molecule has 0 aromatic heterocycles. The molecule has 2 aromatic carbocycles. The molecule has 0 amide bonds. The van der Waals surface area contributed by atoms with Crippen LogP contribution in [0.5, 0.6) is 0 Å². The van der Waals surface area contributed by atoms with Crippen LogP contribution in [0.4, 0.5) is 4.39 Å². The molecule has 98 valence electrons. The maximum absolute atomic E-state index is 14.8. The van der Waals surface area contributed by atoms with Crippen molar-refractivity contribution < 1.29 is 4.39 Å². The summed E-state index contributed by atoms with van der Waals surface area (Å²) in [5, 5.41) is 0.232.